The van der Waals surface area contributed by atoms with Gasteiger partial charge in [0.05, 0.1) is 18.6 Å². The molecule has 17 heavy (non-hydrogen) atoms. The standard InChI is InChI=1S/C10H10N4O3/c1-17-10-8(3-2-4-11-10)6-13-7-9(5-12-13)14(15)16/h2-5,7H,6H2,1H3. The second-order valence-electron chi connectivity index (χ2n) is 3.33. The van der Waals surface area contributed by atoms with E-state index in [1.807, 2.05) is 6.07 Å². The molecule has 0 saturated heterocycles. The summed E-state index contributed by atoms with van der Waals surface area (Å²) in [6.45, 7) is 0.380. The van der Waals surface area contributed by atoms with Gasteiger partial charge in [-0.1, -0.05) is 6.07 Å². The van der Waals surface area contributed by atoms with E-state index >= 15 is 0 Å². The Bertz CT molecular complexity index is 538. The normalized spacial score (nSPS) is 10.2. The van der Waals surface area contributed by atoms with Crippen molar-refractivity contribution in [3.63, 3.8) is 0 Å². The Kier molecular flexibility index (Phi) is 2.99. The molecule has 0 amide bonds. The van der Waals surface area contributed by atoms with Gasteiger partial charge in [0.2, 0.25) is 5.88 Å². The lowest BCUT2D eigenvalue weighted by atomic mass is 10.3. The summed E-state index contributed by atoms with van der Waals surface area (Å²) in [6, 6.07) is 3.61. The van der Waals surface area contributed by atoms with E-state index in [4.69, 9.17) is 4.74 Å². The third kappa shape index (κ3) is 2.39. The molecule has 0 aliphatic rings. The fourth-order valence-electron chi connectivity index (χ4n) is 1.44. The van der Waals surface area contributed by atoms with Crippen molar-refractivity contribution in [2.45, 2.75) is 6.54 Å². The van der Waals surface area contributed by atoms with Crippen LogP contribution in [-0.2, 0) is 6.54 Å². The van der Waals surface area contributed by atoms with E-state index in [0.717, 1.165) is 5.56 Å². The highest BCUT2D eigenvalue weighted by atomic mass is 16.6. The summed E-state index contributed by atoms with van der Waals surface area (Å²) in [4.78, 5) is 14.1. The maximum Gasteiger partial charge on any atom is 0.307 e. The zero-order valence-corrected chi connectivity index (χ0v) is 9.11. The van der Waals surface area contributed by atoms with Gasteiger partial charge in [-0.25, -0.2) is 4.98 Å². The molecule has 0 saturated carbocycles. The molecule has 88 valence electrons. The minimum atomic E-state index is -0.482. The molecular weight excluding hydrogens is 224 g/mol. The van der Waals surface area contributed by atoms with Crippen LogP contribution in [0.4, 0.5) is 5.69 Å². The summed E-state index contributed by atoms with van der Waals surface area (Å²) in [6.07, 6.45) is 4.20. The van der Waals surface area contributed by atoms with Gasteiger partial charge in [-0.2, -0.15) is 5.10 Å². The second kappa shape index (κ2) is 4.60. The van der Waals surface area contributed by atoms with Gasteiger partial charge in [-0.3, -0.25) is 14.8 Å². The summed E-state index contributed by atoms with van der Waals surface area (Å²) in [5, 5.41) is 14.4. The summed E-state index contributed by atoms with van der Waals surface area (Å²) < 4.78 is 6.56. The fraction of sp³-hybridized carbons (Fsp3) is 0.200. The lowest BCUT2D eigenvalue weighted by molar-refractivity contribution is -0.385. The molecule has 0 atom stereocenters. The molecule has 0 fully saturated rings. The Balaban J connectivity index is 2.22. The first-order valence-electron chi connectivity index (χ1n) is 4.85. The first-order chi connectivity index (χ1) is 8.20. The predicted molar refractivity (Wildman–Crippen MR) is 58.8 cm³/mol. The van der Waals surface area contributed by atoms with Gasteiger partial charge in [-0.15, -0.1) is 0 Å². The van der Waals surface area contributed by atoms with Gasteiger partial charge in [0, 0.05) is 11.8 Å². The lowest BCUT2D eigenvalue weighted by Gasteiger charge is -2.06. The Morgan fingerprint density at radius 2 is 2.41 bits per heavy atom. The number of hydrogen-bond acceptors (Lipinski definition) is 5. The first-order valence-corrected chi connectivity index (χ1v) is 4.85. The molecule has 0 aromatic carbocycles. The molecule has 2 aromatic heterocycles. The zero-order chi connectivity index (χ0) is 12.3. The molecule has 0 unspecified atom stereocenters. The van der Waals surface area contributed by atoms with Crippen LogP contribution in [0.1, 0.15) is 5.56 Å². The second-order valence-corrected chi connectivity index (χ2v) is 3.33. The molecule has 2 aromatic rings. The maximum atomic E-state index is 10.5. The van der Waals surface area contributed by atoms with E-state index in [2.05, 4.69) is 10.1 Å². The molecule has 2 heterocycles. The van der Waals surface area contributed by atoms with Crippen molar-refractivity contribution in [2.75, 3.05) is 7.11 Å². The van der Waals surface area contributed by atoms with Crippen molar-refractivity contribution in [3.8, 4) is 5.88 Å². The maximum absolute atomic E-state index is 10.5. The molecule has 0 spiro atoms. The monoisotopic (exact) mass is 234 g/mol. The van der Waals surface area contributed by atoms with Crippen molar-refractivity contribution < 1.29 is 9.66 Å². The number of rotatable bonds is 4. The van der Waals surface area contributed by atoms with Gasteiger partial charge >= 0.3 is 5.69 Å². The van der Waals surface area contributed by atoms with Crippen LogP contribution >= 0.6 is 0 Å². The number of nitrogens with zero attached hydrogens (tertiary/aromatic N) is 4. The third-order valence-corrected chi connectivity index (χ3v) is 2.21. The van der Waals surface area contributed by atoms with E-state index in [0.29, 0.717) is 12.4 Å². The van der Waals surface area contributed by atoms with Crippen molar-refractivity contribution in [2.24, 2.45) is 0 Å². The van der Waals surface area contributed by atoms with Crippen LogP contribution in [-0.4, -0.2) is 26.8 Å². The number of aromatic nitrogens is 3. The quantitative estimate of drug-likeness (QED) is 0.587. The Morgan fingerprint density at radius 3 is 3.06 bits per heavy atom. The van der Waals surface area contributed by atoms with Gasteiger partial charge in [0.15, 0.2) is 0 Å². The van der Waals surface area contributed by atoms with Crippen LogP contribution in [0.3, 0.4) is 0 Å². The molecule has 2 rings (SSSR count). The van der Waals surface area contributed by atoms with Gasteiger partial charge < -0.3 is 4.74 Å². The average Bonchev–Trinajstić information content (AvgIpc) is 2.78. The molecule has 0 aliphatic carbocycles. The van der Waals surface area contributed by atoms with Crippen molar-refractivity contribution in [1.82, 2.24) is 14.8 Å². The lowest BCUT2D eigenvalue weighted by Crippen LogP contribution is -2.03. The van der Waals surface area contributed by atoms with E-state index in [1.165, 1.54) is 24.2 Å². The summed E-state index contributed by atoms with van der Waals surface area (Å²) >= 11 is 0. The SMILES string of the molecule is COc1ncccc1Cn1cc([N+](=O)[O-])cn1. The van der Waals surface area contributed by atoms with E-state index < -0.39 is 4.92 Å². The summed E-state index contributed by atoms with van der Waals surface area (Å²) in [5.74, 6) is 0.491. The summed E-state index contributed by atoms with van der Waals surface area (Å²) in [7, 11) is 1.53. The Hall–Kier alpha value is -2.44. The highest BCUT2D eigenvalue weighted by molar-refractivity contribution is 5.27. The molecule has 0 radical (unpaired) electrons. The van der Waals surface area contributed by atoms with Crippen LogP contribution in [0.2, 0.25) is 0 Å². The largest absolute Gasteiger partial charge is 0.481 e. The van der Waals surface area contributed by atoms with Crippen LogP contribution in [0, 0.1) is 10.1 Å². The smallest absolute Gasteiger partial charge is 0.307 e. The van der Waals surface area contributed by atoms with Crippen molar-refractivity contribution in [3.05, 3.63) is 46.4 Å². The number of methoxy groups -OCH3 is 1. The average molecular weight is 234 g/mol. The molecule has 7 nitrogen and oxygen atoms in total. The molecule has 0 N–H and O–H groups in total. The van der Waals surface area contributed by atoms with Gasteiger partial charge in [-0.05, 0) is 6.07 Å². The minimum Gasteiger partial charge on any atom is -0.481 e. The van der Waals surface area contributed by atoms with Gasteiger partial charge in [0.1, 0.15) is 12.4 Å². The highest BCUT2D eigenvalue weighted by Crippen LogP contribution is 2.16. The fourth-order valence-corrected chi connectivity index (χ4v) is 1.44. The Labute approximate surface area is 96.8 Å². The van der Waals surface area contributed by atoms with E-state index in [1.54, 1.807) is 12.3 Å². The Morgan fingerprint density at radius 1 is 1.59 bits per heavy atom. The predicted octanol–water partition coefficient (Wildman–Crippen LogP) is 1.24. The van der Waals surface area contributed by atoms with Crippen molar-refractivity contribution >= 4 is 5.69 Å². The molecule has 7 heteroatoms. The number of nitro groups is 1. The summed E-state index contributed by atoms with van der Waals surface area (Å²) in [5.41, 5.74) is 0.779. The van der Waals surface area contributed by atoms with Crippen LogP contribution in [0.15, 0.2) is 30.7 Å². The van der Waals surface area contributed by atoms with Crippen LogP contribution < -0.4 is 4.74 Å². The molecule has 0 aliphatic heterocycles. The minimum absolute atomic E-state index is 0.0344. The van der Waals surface area contributed by atoms with Crippen LogP contribution in [0.25, 0.3) is 0 Å². The topological polar surface area (TPSA) is 83.1 Å². The third-order valence-electron chi connectivity index (χ3n) is 2.21. The van der Waals surface area contributed by atoms with Crippen LogP contribution in [0.5, 0.6) is 5.88 Å². The van der Waals surface area contributed by atoms with E-state index in [9.17, 15) is 10.1 Å². The molecule has 0 bridgehead atoms. The zero-order valence-electron chi connectivity index (χ0n) is 9.11. The number of pyridine rings is 1. The molecular formula is C10H10N4O3. The number of ether oxygens (including phenoxy) is 1. The van der Waals surface area contributed by atoms with E-state index in [-0.39, 0.29) is 5.69 Å². The first kappa shape index (κ1) is 11.1. The van der Waals surface area contributed by atoms with Crippen molar-refractivity contribution in [1.29, 1.82) is 0 Å². The highest BCUT2D eigenvalue weighted by Gasteiger charge is 2.10. The number of hydrogen-bond donors (Lipinski definition) is 0. The van der Waals surface area contributed by atoms with Gasteiger partial charge in [0.25, 0.3) is 0 Å².